The van der Waals surface area contributed by atoms with Gasteiger partial charge in [-0.2, -0.15) is 0 Å². The summed E-state index contributed by atoms with van der Waals surface area (Å²) in [6, 6.07) is 10.4. The molecule has 2 aromatic carbocycles. The van der Waals surface area contributed by atoms with Gasteiger partial charge >= 0.3 is 0 Å². The molecule has 0 atom stereocenters. The third kappa shape index (κ3) is 3.71. The van der Waals surface area contributed by atoms with Crippen molar-refractivity contribution < 1.29 is 17.9 Å². The van der Waals surface area contributed by atoms with Gasteiger partial charge < -0.3 is 10.4 Å². The van der Waals surface area contributed by atoms with Crippen LogP contribution < -0.4 is 10.0 Å². The van der Waals surface area contributed by atoms with Gasteiger partial charge in [0.1, 0.15) is 0 Å². The standard InChI is InChI=1S/C14H15FN2O3S/c1-16-21(19,20)12-4-2-3-11(8-12)17-9-10-5-6-14(18)13(15)7-10/h2-8,16-18H,9H2,1H3. The molecule has 0 amide bonds. The second-order valence-corrected chi connectivity index (χ2v) is 6.26. The first-order chi connectivity index (χ1) is 9.92. The molecule has 0 aliphatic rings. The number of benzene rings is 2. The zero-order valence-corrected chi connectivity index (χ0v) is 12.1. The van der Waals surface area contributed by atoms with Crippen LogP contribution >= 0.6 is 0 Å². The molecule has 7 heteroatoms. The lowest BCUT2D eigenvalue weighted by molar-refractivity contribution is 0.432. The van der Waals surface area contributed by atoms with Gasteiger partial charge in [-0.15, -0.1) is 0 Å². The number of nitrogens with one attached hydrogen (secondary N) is 2. The van der Waals surface area contributed by atoms with Gasteiger partial charge in [0.2, 0.25) is 10.0 Å². The highest BCUT2D eigenvalue weighted by Gasteiger charge is 2.11. The lowest BCUT2D eigenvalue weighted by atomic mass is 10.2. The van der Waals surface area contributed by atoms with Crippen LogP contribution in [0.4, 0.5) is 10.1 Å². The molecule has 0 saturated heterocycles. The minimum atomic E-state index is -3.50. The number of anilines is 1. The maximum absolute atomic E-state index is 13.2. The molecule has 2 rings (SSSR count). The van der Waals surface area contributed by atoms with E-state index in [2.05, 4.69) is 10.0 Å². The van der Waals surface area contributed by atoms with Crippen molar-refractivity contribution in [2.45, 2.75) is 11.4 Å². The van der Waals surface area contributed by atoms with Crippen molar-refractivity contribution in [3.8, 4) is 5.75 Å². The van der Waals surface area contributed by atoms with E-state index in [1.54, 1.807) is 18.2 Å². The molecule has 21 heavy (non-hydrogen) atoms. The van der Waals surface area contributed by atoms with Gasteiger partial charge in [-0.25, -0.2) is 17.5 Å². The third-order valence-electron chi connectivity index (χ3n) is 2.92. The molecular weight excluding hydrogens is 295 g/mol. The van der Waals surface area contributed by atoms with Crippen molar-refractivity contribution in [2.75, 3.05) is 12.4 Å². The Morgan fingerprint density at radius 1 is 1.19 bits per heavy atom. The second kappa shape index (κ2) is 6.11. The highest BCUT2D eigenvalue weighted by Crippen LogP contribution is 2.19. The van der Waals surface area contributed by atoms with Gasteiger partial charge in [0.05, 0.1) is 4.90 Å². The molecule has 0 spiro atoms. The third-order valence-corrected chi connectivity index (χ3v) is 4.33. The first-order valence-electron chi connectivity index (χ1n) is 6.17. The van der Waals surface area contributed by atoms with Crippen LogP contribution in [0.1, 0.15) is 5.56 Å². The van der Waals surface area contributed by atoms with Gasteiger partial charge in [-0.05, 0) is 42.9 Å². The minimum Gasteiger partial charge on any atom is -0.505 e. The van der Waals surface area contributed by atoms with Gasteiger partial charge in [-0.3, -0.25) is 0 Å². The highest BCUT2D eigenvalue weighted by molar-refractivity contribution is 7.89. The predicted molar refractivity (Wildman–Crippen MR) is 78.1 cm³/mol. The molecule has 0 saturated carbocycles. The quantitative estimate of drug-likeness (QED) is 0.790. The SMILES string of the molecule is CNS(=O)(=O)c1cccc(NCc2ccc(O)c(F)c2)c1. The Kier molecular flexibility index (Phi) is 4.44. The van der Waals surface area contributed by atoms with Crippen LogP contribution in [0, 0.1) is 5.82 Å². The molecular formula is C14H15FN2O3S. The number of aromatic hydroxyl groups is 1. The zero-order chi connectivity index (χ0) is 15.5. The Morgan fingerprint density at radius 2 is 1.95 bits per heavy atom. The molecule has 0 unspecified atom stereocenters. The van der Waals surface area contributed by atoms with E-state index in [1.165, 1.54) is 31.3 Å². The Balaban J connectivity index is 2.13. The summed E-state index contributed by atoms with van der Waals surface area (Å²) in [5, 5.41) is 12.1. The molecule has 0 bridgehead atoms. The molecule has 3 N–H and O–H groups in total. The predicted octanol–water partition coefficient (Wildman–Crippen LogP) is 2.05. The van der Waals surface area contributed by atoms with Crippen LogP contribution in [-0.2, 0) is 16.6 Å². The number of phenolic OH excluding ortho intramolecular Hbond substituents is 1. The minimum absolute atomic E-state index is 0.145. The van der Waals surface area contributed by atoms with E-state index in [0.717, 1.165) is 0 Å². The van der Waals surface area contributed by atoms with E-state index in [0.29, 0.717) is 17.8 Å². The number of rotatable bonds is 5. The van der Waals surface area contributed by atoms with Gasteiger partial charge in [0.25, 0.3) is 0 Å². The molecule has 5 nitrogen and oxygen atoms in total. The summed E-state index contributed by atoms with van der Waals surface area (Å²) in [4.78, 5) is 0.145. The smallest absolute Gasteiger partial charge is 0.240 e. The second-order valence-electron chi connectivity index (χ2n) is 4.37. The molecule has 0 fully saturated rings. The summed E-state index contributed by atoms with van der Waals surface area (Å²) < 4.78 is 38.8. The fourth-order valence-electron chi connectivity index (χ4n) is 1.76. The molecule has 112 valence electrons. The monoisotopic (exact) mass is 310 g/mol. The normalized spacial score (nSPS) is 11.3. The molecule has 2 aromatic rings. The van der Waals surface area contributed by atoms with Gasteiger partial charge in [-0.1, -0.05) is 12.1 Å². The number of phenols is 1. The van der Waals surface area contributed by atoms with Crippen LogP contribution in [0.5, 0.6) is 5.75 Å². The van der Waals surface area contributed by atoms with E-state index in [-0.39, 0.29) is 4.90 Å². The molecule has 0 aliphatic heterocycles. The Morgan fingerprint density at radius 3 is 2.62 bits per heavy atom. The Bertz CT molecular complexity index is 748. The summed E-state index contributed by atoms with van der Waals surface area (Å²) in [5.41, 5.74) is 1.23. The van der Waals surface area contributed by atoms with Gasteiger partial charge in [0, 0.05) is 12.2 Å². The van der Waals surface area contributed by atoms with Crippen molar-refractivity contribution in [3.05, 3.63) is 53.8 Å². The first kappa shape index (κ1) is 15.3. The van der Waals surface area contributed by atoms with Crippen molar-refractivity contribution in [2.24, 2.45) is 0 Å². The summed E-state index contributed by atoms with van der Waals surface area (Å²) in [6.07, 6.45) is 0. The van der Waals surface area contributed by atoms with E-state index in [4.69, 9.17) is 5.11 Å². The average molecular weight is 310 g/mol. The highest BCUT2D eigenvalue weighted by atomic mass is 32.2. The lowest BCUT2D eigenvalue weighted by Crippen LogP contribution is -2.18. The molecule has 0 radical (unpaired) electrons. The fraction of sp³-hybridized carbons (Fsp3) is 0.143. The number of halogens is 1. The Labute approximate surface area is 122 Å². The fourth-order valence-corrected chi connectivity index (χ4v) is 2.53. The van der Waals surface area contributed by atoms with E-state index in [1.807, 2.05) is 0 Å². The van der Waals surface area contributed by atoms with E-state index in [9.17, 15) is 12.8 Å². The van der Waals surface area contributed by atoms with Crippen LogP contribution in [-0.4, -0.2) is 20.6 Å². The largest absolute Gasteiger partial charge is 0.505 e. The number of hydrogen-bond donors (Lipinski definition) is 3. The first-order valence-corrected chi connectivity index (χ1v) is 7.65. The number of sulfonamides is 1. The summed E-state index contributed by atoms with van der Waals surface area (Å²) in [7, 11) is -2.16. The van der Waals surface area contributed by atoms with Crippen LogP contribution in [0.25, 0.3) is 0 Å². The van der Waals surface area contributed by atoms with Gasteiger partial charge in [0.15, 0.2) is 11.6 Å². The van der Waals surface area contributed by atoms with Crippen molar-refractivity contribution >= 4 is 15.7 Å². The summed E-state index contributed by atoms with van der Waals surface area (Å²) >= 11 is 0. The topological polar surface area (TPSA) is 78.4 Å². The van der Waals surface area contributed by atoms with Crippen molar-refractivity contribution in [1.82, 2.24) is 4.72 Å². The van der Waals surface area contributed by atoms with Crippen LogP contribution in [0.15, 0.2) is 47.4 Å². The summed E-state index contributed by atoms with van der Waals surface area (Å²) in [6.45, 7) is 0.306. The van der Waals surface area contributed by atoms with Crippen molar-refractivity contribution in [1.29, 1.82) is 0 Å². The average Bonchev–Trinajstić information content (AvgIpc) is 2.49. The van der Waals surface area contributed by atoms with E-state index < -0.39 is 21.6 Å². The summed E-state index contributed by atoms with van der Waals surface area (Å²) in [5.74, 6) is -1.10. The van der Waals surface area contributed by atoms with Crippen molar-refractivity contribution in [3.63, 3.8) is 0 Å². The maximum atomic E-state index is 13.2. The van der Waals surface area contributed by atoms with E-state index >= 15 is 0 Å². The Hall–Kier alpha value is -2.12. The van der Waals surface area contributed by atoms with Crippen LogP contribution in [0.2, 0.25) is 0 Å². The molecule has 0 heterocycles. The number of hydrogen-bond acceptors (Lipinski definition) is 4. The maximum Gasteiger partial charge on any atom is 0.240 e. The molecule has 0 aliphatic carbocycles. The lowest BCUT2D eigenvalue weighted by Gasteiger charge is -2.09. The van der Waals surface area contributed by atoms with Crippen LogP contribution in [0.3, 0.4) is 0 Å². The molecule has 0 aromatic heterocycles. The zero-order valence-electron chi connectivity index (χ0n) is 11.3.